The van der Waals surface area contributed by atoms with Gasteiger partial charge in [0.2, 0.25) is 0 Å². The number of aromatic nitrogens is 1. The molecule has 1 aromatic heterocycles. The van der Waals surface area contributed by atoms with Crippen LogP contribution in [0.15, 0.2) is 60.0 Å². The van der Waals surface area contributed by atoms with Crippen LogP contribution in [0.4, 0.5) is 0 Å². The Morgan fingerprint density at radius 1 is 1.04 bits per heavy atom. The van der Waals surface area contributed by atoms with Crippen molar-refractivity contribution in [3.8, 4) is 22.4 Å². The summed E-state index contributed by atoms with van der Waals surface area (Å²) in [6.45, 7) is 0.166. The summed E-state index contributed by atoms with van der Waals surface area (Å²) in [6.07, 6.45) is 0. The third-order valence-corrected chi connectivity index (χ3v) is 4.61. The molecule has 0 aliphatic heterocycles. The van der Waals surface area contributed by atoms with Gasteiger partial charge in [0.1, 0.15) is 10.7 Å². The van der Waals surface area contributed by atoms with E-state index in [0.717, 1.165) is 10.6 Å². The van der Waals surface area contributed by atoms with Crippen molar-refractivity contribution in [1.82, 2.24) is 15.6 Å². The highest BCUT2D eigenvalue weighted by atomic mass is 32.1. The van der Waals surface area contributed by atoms with Crippen molar-refractivity contribution in [2.24, 2.45) is 0 Å². The van der Waals surface area contributed by atoms with Gasteiger partial charge in [-0.15, -0.1) is 11.3 Å². The fraction of sp³-hybridized carbons (Fsp3) is 0.0952. The minimum atomic E-state index is -0.276. The third-order valence-electron chi connectivity index (χ3n) is 3.72. The molecular weight excluding hydrogens is 358 g/mol. The van der Waals surface area contributed by atoms with Crippen LogP contribution in [-0.2, 0) is 0 Å². The quantitative estimate of drug-likeness (QED) is 0.689. The molecule has 0 aliphatic carbocycles. The molecule has 2 amide bonds. The molecule has 0 saturated heterocycles. The van der Waals surface area contributed by atoms with Crippen LogP contribution in [-0.4, -0.2) is 30.4 Å². The lowest BCUT2D eigenvalue weighted by molar-refractivity contribution is 0.0949. The van der Waals surface area contributed by atoms with Crippen LogP contribution in [0.1, 0.15) is 26.4 Å². The maximum atomic E-state index is 12.2. The molecule has 3 rings (SSSR count). The van der Waals surface area contributed by atoms with Crippen LogP contribution >= 0.6 is 11.3 Å². The number of thiazole rings is 1. The number of nitrogens with one attached hydrogen (secondary N) is 2. The van der Waals surface area contributed by atoms with E-state index in [1.54, 1.807) is 30.6 Å². The van der Waals surface area contributed by atoms with Crippen molar-refractivity contribution in [2.45, 2.75) is 0 Å². The highest BCUT2D eigenvalue weighted by molar-refractivity contribution is 7.13. The van der Waals surface area contributed by atoms with Crippen molar-refractivity contribution in [1.29, 1.82) is 0 Å². The van der Waals surface area contributed by atoms with E-state index >= 15 is 0 Å². The first-order valence-corrected chi connectivity index (χ1v) is 9.16. The molecular formula is C21H17N3O2S. The molecule has 6 heteroatoms. The molecule has 0 fully saturated rings. The average molecular weight is 375 g/mol. The van der Waals surface area contributed by atoms with Crippen LogP contribution in [0.5, 0.6) is 0 Å². The van der Waals surface area contributed by atoms with Crippen LogP contribution in [0.3, 0.4) is 0 Å². The number of amides is 2. The normalized spacial score (nSPS) is 9.81. The summed E-state index contributed by atoms with van der Waals surface area (Å²) in [7, 11) is 1.57. The van der Waals surface area contributed by atoms with Crippen molar-refractivity contribution in [3.63, 3.8) is 0 Å². The van der Waals surface area contributed by atoms with Crippen LogP contribution in [0.25, 0.3) is 10.6 Å². The summed E-state index contributed by atoms with van der Waals surface area (Å²) in [5.41, 5.74) is 2.47. The van der Waals surface area contributed by atoms with Gasteiger partial charge in [0, 0.05) is 23.6 Å². The topological polar surface area (TPSA) is 71.1 Å². The van der Waals surface area contributed by atoms with Gasteiger partial charge in [-0.3, -0.25) is 9.59 Å². The maximum absolute atomic E-state index is 12.2. The van der Waals surface area contributed by atoms with Gasteiger partial charge in [0.05, 0.1) is 12.1 Å². The summed E-state index contributed by atoms with van der Waals surface area (Å²) < 4.78 is 0. The monoisotopic (exact) mass is 375 g/mol. The van der Waals surface area contributed by atoms with Gasteiger partial charge in [-0.1, -0.05) is 54.3 Å². The molecule has 0 radical (unpaired) electrons. The van der Waals surface area contributed by atoms with E-state index in [1.807, 2.05) is 36.4 Å². The standard InChI is InChI=1S/C21H17N3O2S/c1-22-19(25)17-12-6-5-8-15(17)11-7-13-23-20(26)18-14-27-21(24-18)16-9-3-2-4-10-16/h2-6,8-10,12,14H,13H2,1H3,(H,22,25)(H,23,26). The molecule has 2 aromatic carbocycles. The largest absolute Gasteiger partial charge is 0.355 e. The van der Waals surface area contributed by atoms with E-state index in [9.17, 15) is 9.59 Å². The summed E-state index contributed by atoms with van der Waals surface area (Å²) in [4.78, 5) is 28.4. The second-order valence-electron chi connectivity index (χ2n) is 5.51. The van der Waals surface area contributed by atoms with Crippen LogP contribution < -0.4 is 10.6 Å². The Kier molecular flexibility index (Phi) is 5.98. The summed E-state index contributed by atoms with van der Waals surface area (Å²) in [6, 6.07) is 16.8. The predicted octanol–water partition coefficient (Wildman–Crippen LogP) is 2.95. The van der Waals surface area contributed by atoms with Gasteiger partial charge in [-0.2, -0.15) is 0 Å². The van der Waals surface area contributed by atoms with Crippen molar-refractivity contribution in [3.05, 3.63) is 76.8 Å². The number of nitrogens with zero attached hydrogens (tertiary/aromatic N) is 1. The Labute approximate surface area is 161 Å². The highest BCUT2D eigenvalue weighted by Gasteiger charge is 2.11. The Bertz CT molecular complexity index is 1020. The minimum Gasteiger partial charge on any atom is -0.355 e. The molecule has 134 valence electrons. The second-order valence-corrected chi connectivity index (χ2v) is 6.37. The summed E-state index contributed by atoms with van der Waals surface area (Å²) in [5.74, 6) is 5.33. The molecule has 2 N–H and O–H groups in total. The van der Waals surface area contributed by atoms with E-state index in [1.165, 1.54) is 11.3 Å². The first-order chi connectivity index (χ1) is 13.2. The molecule has 0 saturated carbocycles. The van der Waals surface area contributed by atoms with E-state index in [2.05, 4.69) is 27.5 Å². The van der Waals surface area contributed by atoms with Gasteiger partial charge >= 0.3 is 0 Å². The van der Waals surface area contributed by atoms with E-state index < -0.39 is 0 Å². The number of hydrogen-bond donors (Lipinski definition) is 2. The Morgan fingerprint density at radius 2 is 1.78 bits per heavy atom. The molecule has 27 heavy (non-hydrogen) atoms. The lowest BCUT2D eigenvalue weighted by Crippen LogP contribution is -2.24. The molecule has 0 spiro atoms. The van der Waals surface area contributed by atoms with Crippen molar-refractivity contribution in [2.75, 3.05) is 13.6 Å². The molecule has 1 heterocycles. The fourth-order valence-electron chi connectivity index (χ4n) is 2.37. The van der Waals surface area contributed by atoms with E-state index in [0.29, 0.717) is 16.8 Å². The number of rotatable bonds is 4. The summed E-state index contributed by atoms with van der Waals surface area (Å²) in [5, 5.41) is 7.84. The lowest BCUT2D eigenvalue weighted by atomic mass is 10.1. The number of hydrogen-bond acceptors (Lipinski definition) is 4. The smallest absolute Gasteiger partial charge is 0.271 e. The van der Waals surface area contributed by atoms with Gasteiger partial charge in [-0.25, -0.2) is 4.98 Å². The van der Waals surface area contributed by atoms with Crippen LogP contribution in [0, 0.1) is 11.8 Å². The van der Waals surface area contributed by atoms with Gasteiger partial charge in [0.15, 0.2) is 0 Å². The summed E-state index contributed by atoms with van der Waals surface area (Å²) >= 11 is 1.42. The molecule has 0 unspecified atom stereocenters. The first-order valence-electron chi connectivity index (χ1n) is 8.28. The van der Waals surface area contributed by atoms with Gasteiger partial charge in [-0.05, 0) is 12.1 Å². The van der Waals surface area contributed by atoms with Crippen LogP contribution in [0.2, 0.25) is 0 Å². The zero-order valence-electron chi connectivity index (χ0n) is 14.7. The molecule has 0 bridgehead atoms. The first kappa shape index (κ1) is 18.4. The number of benzene rings is 2. The van der Waals surface area contributed by atoms with Gasteiger partial charge < -0.3 is 10.6 Å². The molecule has 3 aromatic rings. The Hall–Kier alpha value is -3.43. The molecule has 5 nitrogen and oxygen atoms in total. The highest BCUT2D eigenvalue weighted by Crippen LogP contribution is 2.23. The lowest BCUT2D eigenvalue weighted by Gasteiger charge is -2.02. The maximum Gasteiger partial charge on any atom is 0.271 e. The molecule has 0 aliphatic rings. The van der Waals surface area contributed by atoms with Crippen molar-refractivity contribution >= 4 is 23.2 Å². The predicted molar refractivity (Wildman–Crippen MR) is 107 cm³/mol. The Morgan fingerprint density at radius 3 is 2.56 bits per heavy atom. The van der Waals surface area contributed by atoms with Crippen molar-refractivity contribution < 1.29 is 9.59 Å². The fourth-order valence-corrected chi connectivity index (χ4v) is 3.18. The molecule has 0 atom stereocenters. The van der Waals surface area contributed by atoms with E-state index in [-0.39, 0.29) is 18.4 Å². The minimum absolute atomic E-state index is 0.166. The number of carbonyl (C=O) groups excluding carboxylic acids is 2. The second kappa shape index (κ2) is 8.79. The SMILES string of the molecule is CNC(=O)c1ccccc1C#CCNC(=O)c1csc(-c2ccccc2)n1. The number of carbonyl (C=O) groups is 2. The van der Waals surface area contributed by atoms with Gasteiger partial charge in [0.25, 0.3) is 11.8 Å². The van der Waals surface area contributed by atoms with E-state index in [4.69, 9.17) is 0 Å². The zero-order chi connectivity index (χ0) is 19.1. The average Bonchev–Trinajstić information content (AvgIpc) is 3.22. The zero-order valence-corrected chi connectivity index (χ0v) is 15.5. The third kappa shape index (κ3) is 4.60. The Balaban J connectivity index is 1.63.